The Labute approximate surface area is 134 Å². The van der Waals surface area contributed by atoms with Gasteiger partial charge in [0.1, 0.15) is 0 Å². The van der Waals surface area contributed by atoms with Gasteiger partial charge in [0.05, 0.1) is 23.2 Å². The van der Waals surface area contributed by atoms with Crippen LogP contribution in [0.3, 0.4) is 0 Å². The van der Waals surface area contributed by atoms with Gasteiger partial charge < -0.3 is 5.32 Å². The van der Waals surface area contributed by atoms with Gasteiger partial charge in [0.2, 0.25) is 5.91 Å². The van der Waals surface area contributed by atoms with Crippen molar-refractivity contribution in [3.63, 3.8) is 0 Å². The number of amides is 1. The topological polar surface area (TPSA) is 42.0 Å². The molecule has 0 bridgehead atoms. The Morgan fingerprint density at radius 3 is 2.73 bits per heavy atom. The largest absolute Gasteiger partial charge is 0.349 e. The predicted molar refractivity (Wildman–Crippen MR) is 91.1 cm³/mol. The van der Waals surface area contributed by atoms with Crippen molar-refractivity contribution in [2.75, 3.05) is 0 Å². The number of aromatic nitrogens is 1. The molecule has 2 aromatic carbocycles. The van der Waals surface area contributed by atoms with E-state index in [1.54, 1.807) is 11.3 Å². The molecule has 3 nitrogen and oxygen atoms in total. The first-order chi connectivity index (χ1) is 10.6. The number of carbonyl (C=O) groups is 1. The molecule has 0 aliphatic rings. The van der Waals surface area contributed by atoms with E-state index in [1.165, 1.54) is 10.8 Å². The molecule has 1 amide bonds. The van der Waals surface area contributed by atoms with Crippen molar-refractivity contribution < 1.29 is 4.79 Å². The highest BCUT2D eigenvalue weighted by molar-refractivity contribution is 7.09. The summed E-state index contributed by atoms with van der Waals surface area (Å²) in [6, 6.07) is 14.5. The minimum absolute atomic E-state index is 0.00552. The normalized spacial score (nSPS) is 12.3. The van der Waals surface area contributed by atoms with Crippen LogP contribution >= 0.6 is 11.3 Å². The van der Waals surface area contributed by atoms with Gasteiger partial charge in [0.15, 0.2) is 0 Å². The van der Waals surface area contributed by atoms with Gasteiger partial charge in [-0.05, 0) is 36.2 Å². The fraction of sp³-hybridized carbons (Fsp3) is 0.222. The monoisotopic (exact) mass is 310 g/mol. The smallest absolute Gasteiger partial charge is 0.226 e. The molecular weight excluding hydrogens is 292 g/mol. The minimum Gasteiger partial charge on any atom is -0.349 e. The second-order valence-electron chi connectivity index (χ2n) is 5.43. The quantitative estimate of drug-likeness (QED) is 0.790. The number of hydrogen-bond acceptors (Lipinski definition) is 3. The fourth-order valence-corrected chi connectivity index (χ4v) is 3.12. The number of fused-ring (bicyclic) bond motifs is 1. The molecule has 3 rings (SSSR count). The van der Waals surface area contributed by atoms with Crippen LogP contribution in [0.25, 0.3) is 10.8 Å². The highest BCUT2D eigenvalue weighted by Crippen LogP contribution is 2.20. The third-order valence-corrected chi connectivity index (χ3v) is 4.48. The van der Waals surface area contributed by atoms with E-state index in [2.05, 4.69) is 40.6 Å². The summed E-state index contributed by atoms with van der Waals surface area (Å²) in [5.41, 5.74) is 1.95. The highest BCUT2D eigenvalue weighted by Gasteiger charge is 2.12. The lowest BCUT2D eigenvalue weighted by atomic mass is 10.0. The first-order valence-electron chi connectivity index (χ1n) is 7.31. The third-order valence-electron chi connectivity index (χ3n) is 3.66. The zero-order valence-corrected chi connectivity index (χ0v) is 13.5. The average Bonchev–Trinajstić information content (AvgIpc) is 2.91. The van der Waals surface area contributed by atoms with Crippen LogP contribution in [0, 0.1) is 6.92 Å². The van der Waals surface area contributed by atoms with Gasteiger partial charge in [0.25, 0.3) is 0 Å². The van der Waals surface area contributed by atoms with Gasteiger partial charge in [-0.1, -0.05) is 36.4 Å². The Balaban J connectivity index is 1.69. The molecule has 1 aromatic heterocycles. The van der Waals surface area contributed by atoms with Crippen molar-refractivity contribution in [2.24, 2.45) is 0 Å². The van der Waals surface area contributed by atoms with Crippen LogP contribution in [0.2, 0.25) is 0 Å². The number of benzene rings is 2. The van der Waals surface area contributed by atoms with E-state index in [0.29, 0.717) is 6.42 Å². The highest BCUT2D eigenvalue weighted by atomic mass is 32.1. The zero-order chi connectivity index (χ0) is 15.5. The summed E-state index contributed by atoms with van der Waals surface area (Å²) >= 11 is 1.57. The van der Waals surface area contributed by atoms with Gasteiger partial charge in [0, 0.05) is 5.38 Å². The Morgan fingerprint density at radius 1 is 1.23 bits per heavy atom. The summed E-state index contributed by atoms with van der Waals surface area (Å²) in [5.74, 6) is 0.00552. The van der Waals surface area contributed by atoms with Crippen molar-refractivity contribution in [3.8, 4) is 0 Å². The van der Waals surface area contributed by atoms with Crippen LogP contribution in [0.15, 0.2) is 47.8 Å². The minimum atomic E-state index is -0.0168. The lowest BCUT2D eigenvalue weighted by Gasteiger charge is -2.14. The molecule has 1 unspecified atom stereocenters. The van der Waals surface area contributed by atoms with Crippen LogP contribution in [-0.2, 0) is 11.2 Å². The van der Waals surface area contributed by atoms with Crippen molar-refractivity contribution in [1.82, 2.24) is 10.3 Å². The first kappa shape index (κ1) is 14.7. The standard InChI is InChI=1S/C18H18N2OS/c1-12(19-18(21)10-17-11-22-13(2)20-17)15-8-7-14-5-3-4-6-16(14)9-15/h3-9,11-12H,10H2,1-2H3,(H,19,21). The van der Waals surface area contributed by atoms with Gasteiger partial charge in [-0.3, -0.25) is 4.79 Å². The number of nitrogens with one attached hydrogen (secondary N) is 1. The number of thiazole rings is 1. The zero-order valence-electron chi connectivity index (χ0n) is 12.7. The lowest BCUT2D eigenvalue weighted by molar-refractivity contribution is -0.121. The molecule has 0 aliphatic carbocycles. The van der Waals surface area contributed by atoms with Crippen molar-refractivity contribution in [3.05, 3.63) is 64.1 Å². The molecule has 0 fully saturated rings. The van der Waals surface area contributed by atoms with E-state index < -0.39 is 0 Å². The summed E-state index contributed by atoms with van der Waals surface area (Å²) in [5, 5.41) is 8.38. The average molecular weight is 310 g/mol. The Hall–Kier alpha value is -2.20. The van der Waals surface area contributed by atoms with Gasteiger partial charge in [-0.15, -0.1) is 11.3 Å². The van der Waals surface area contributed by atoms with Gasteiger partial charge >= 0.3 is 0 Å². The molecule has 0 saturated carbocycles. The molecular formula is C18H18N2OS. The summed E-state index contributed by atoms with van der Waals surface area (Å²) in [6.45, 7) is 3.96. The predicted octanol–water partition coefficient (Wildman–Crippen LogP) is 4.02. The molecule has 0 aliphatic heterocycles. The molecule has 0 spiro atoms. The SMILES string of the molecule is Cc1nc(CC(=O)NC(C)c2ccc3ccccc3c2)cs1. The molecule has 1 atom stereocenters. The van der Waals surface area contributed by atoms with Crippen molar-refractivity contribution >= 4 is 28.0 Å². The number of aryl methyl sites for hydroxylation is 1. The second-order valence-corrected chi connectivity index (χ2v) is 6.49. The molecule has 0 radical (unpaired) electrons. The van der Waals surface area contributed by atoms with E-state index in [1.807, 2.05) is 31.4 Å². The van der Waals surface area contributed by atoms with E-state index in [4.69, 9.17) is 0 Å². The number of carbonyl (C=O) groups excluding carboxylic acids is 1. The van der Waals surface area contributed by atoms with Crippen molar-refractivity contribution in [2.45, 2.75) is 26.3 Å². The van der Waals surface area contributed by atoms with Gasteiger partial charge in [-0.2, -0.15) is 0 Å². The van der Waals surface area contributed by atoms with E-state index in [9.17, 15) is 4.79 Å². The Bertz CT molecular complexity index is 809. The summed E-state index contributed by atoms with van der Waals surface area (Å²) in [6.07, 6.45) is 0.336. The molecule has 4 heteroatoms. The summed E-state index contributed by atoms with van der Waals surface area (Å²) in [7, 11) is 0. The van der Waals surface area contributed by atoms with Crippen LogP contribution < -0.4 is 5.32 Å². The maximum absolute atomic E-state index is 12.1. The van der Waals surface area contributed by atoms with Crippen LogP contribution in [0.5, 0.6) is 0 Å². The van der Waals surface area contributed by atoms with E-state index in [-0.39, 0.29) is 11.9 Å². The van der Waals surface area contributed by atoms with E-state index >= 15 is 0 Å². The molecule has 0 saturated heterocycles. The first-order valence-corrected chi connectivity index (χ1v) is 8.19. The van der Waals surface area contributed by atoms with Crippen LogP contribution in [0.4, 0.5) is 0 Å². The molecule has 1 N–H and O–H groups in total. The number of hydrogen-bond donors (Lipinski definition) is 1. The number of rotatable bonds is 4. The lowest BCUT2D eigenvalue weighted by Crippen LogP contribution is -2.28. The third kappa shape index (κ3) is 3.34. The number of nitrogens with zero attached hydrogens (tertiary/aromatic N) is 1. The van der Waals surface area contributed by atoms with Gasteiger partial charge in [-0.25, -0.2) is 4.98 Å². The molecule has 3 aromatic rings. The Morgan fingerprint density at radius 2 is 2.00 bits per heavy atom. The molecule has 22 heavy (non-hydrogen) atoms. The molecule has 1 heterocycles. The Kier molecular flexibility index (Phi) is 4.20. The van der Waals surface area contributed by atoms with Crippen LogP contribution in [-0.4, -0.2) is 10.9 Å². The second kappa shape index (κ2) is 6.28. The van der Waals surface area contributed by atoms with Crippen LogP contribution in [0.1, 0.15) is 29.2 Å². The summed E-state index contributed by atoms with van der Waals surface area (Å²) < 4.78 is 0. The van der Waals surface area contributed by atoms with Crippen molar-refractivity contribution in [1.29, 1.82) is 0 Å². The molecule has 112 valence electrons. The fourth-order valence-electron chi connectivity index (χ4n) is 2.51. The maximum atomic E-state index is 12.1. The summed E-state index contributed by atoms with van der Waals surface area (Å²) in [4.78, 5) is 16.5. The van der Waals surface area contributed by atoms with E-state index in [0.717, 1.165) is 16.3 Å². The maximum Gasteiger partial charge on any atom is 0.226 e.